The topological polar surface area (TPSA) is 84.9 Å². The molecule has 1 atom stereocenters. The minimum absolute atomic E-state index is 0.00652. The molecule has 29 heavy (non-hydrogen) atoms. The molecular weight excluding hydrogens is 399 g/mol. The van der Waals surface area contributed by atoms with Crippen LogP contribution in [0.5, 0.6) is 11.5 Å². The van der Waals surface area contributed by atoms with Crippen LogP contribution in [0.4, 0.5) is 10.1 Å². The van der Waals surface area contributed by atoms with E-state index in [9.17, 15) is 17.6 Å². The normalized spacial score (nSPS) is 18.9. The summed E-state index contributed by atoms with van der Waals surface area (Å²) in [7, 11) is -4.02. The van der Waals surface area contributed by atoms with Gasteiger partial charge in [0, 0.05) is 19.2 Å². The number of benzene rings is 2. The predicted molar refractivity (Wildman–Crippen MR) is 104 cm³/mol. The van der Waals surface area contributed by atoms with Gasteiger partial charge < -0.3 is 14.4 Å². The van der Waals surface area contributed by atoms with E-state index >= 15 is 0 Å². The van der Waals surface area contributed by atoms with E-state index < -0.39 is 21.9 Å². The molecule has 0 aromatic heterocycles. The van der Waals surface area contributed by atoms with Gasteiger partial charge in [-0.05, 0) is 43.5 Å². The van der Waals surface area contributed by atoms with Crippen molar-refractivity contribution in [3.05, 3.63) is 48.3 Å². The number of nitrogens with zero attached hydrogens (tertiary/aromatic N) is 1. The molecule has 0 spiro atoms. The Morgan fingerprint density at radius 3 is 2.59 bits per heavy atom. The number of ether oxygens (including phenoxy) is 2. The van der Waals surface area contributed by atoms with E-state index in [-0.39, 0.29) is 28.8 Å². The first-order valence-corrected chi connectivity index (χ1v) is 10.9. The highest BCUT2D eigenvalue weighted by atomic mass is 32.2. The van der Waals surface area contributed by atoms with Gasteiger partial charge in [0.2, 0.25) is 6.10 Å². The van der Waals surface area contributed by atoms with Crippen molar-refractivity contribution in [2.24, 2.45) is 0 Å². The van der Waals surface area contributed by atoms with Crippen molar-refractivity contribution in [3.63, 3.8) is 0 Å². The number of likely N-dealkylation sites (tertiary alicyclic amines) is 1. The molecule has 2 aromatic rings. The first-order valence-electron chi connectivity index (χ1n) is 9.44. The molecule has 1 fully saturated rings. The molecular formula is C20H21FN2O5S. The summed E-state index contributed by atoms with van der Waals surface area (Å²) in [6.07, 6.45) is 2.32. The monoisotopic (exact) mass is 420 g/mol. The van der Waals surface area contributed by atoms with Crippen LogP contribution in [0.25, 0.3) is 0 Å². The van der Waals surface area contributed by atoms with Crippen molar-refractivity contribution in [1.82, 2.24) is 4.90 Å². The van der Waals surface area contributed by atoms with Gasteiger partial charge in [0.05, 0.1) is 10.6 Å². The van der Waals surface area contributed by atoms with E-state index in [1.165, 1.54) is 42.5 Å². The molecule has 2 aromatic carbocycles. The SMILES string of the molecule is O=C(C1COc2cc(S(=O)(=O)Nc3ccccc3F)ccc2O1)N1CCCCC1. The number of carbonyl (C=O) groups is 1. The minimum Gasteiger partial charge on any atom is -0.485 e. The Labute approximate surface area is 168 Å². The third-order valence-electron chi connectivity index (χ3n) is 4.95. The van der Waals surface area contributed by atoms with Gasteiger partial charge in [0.1, 0.15) is 12.4 Å². The summed E-state index contributed by atoms with van der Waals surface area (Å²) >= 11 is 0. The molecule has 1 N–H and O–H groups in total. The zero-order valence-electron chi connectivity index (χ0n) is 15.6. The molecule has 0 aliphatic carbocycles. The molecule has 2 heterocycles. The van der Waals surface area contributed by atoms with Gasteiger partial charge in [0.15, 0.2) is 11.5 Å². The van der Waals surface area contributed by atoms with Crippen molar-refractivity contribution >= 4 is 21.6 Å². The quantitative estimate of drug-likeness (QED) is 0.822. The number of hydrogen-bond donors (Lipinski definition) is 1. The van der Waals surface area contributed by atoms with Crippen molar-refractivity contribution in [2.45, 2.75) is 30.3 Å². The van der Waals surface area contributed by atoms with Crippen LogP contribution in [0.2, 0.25) is 0 Å². The van der Waals surface area contributed by atoms with E-state index in [0.717, 1.165) is 19.3 Å². The first-order chi connectivity index (χ1) is 13.9. The fraction of sp³-hybridized carbons (Fsp3) is 0.350. The number of hydrogen-bond acceptors (Lipinski definition) is 5. The molecule has 7 nitrogen and oxygen atoms in total. The Morgan fingerprint density at radius 2 is 1.83 bits per heavy atom. The van der Waals surface area contributed by atoms with E-state index in [2.05, 4.69) is 4.72 Å². The lowest BCUT2D eigenvalue weighted by molar-refractivity contribution is -0.142. The van der Waals surface area contributed by atoms with E-state index in [1.807, 2.05) is 0 Å². The molecule has 1 saturated heterocycles. The summed E-state index contributed by atoms with van der Waals surface area (Å²) in [4.78, 5) is 14.3. The molecule has 1 unspecified atom stereocenters. The predicted octanol–water partition coefficient (Wildman–Crippen LogP) is 2.78. The number of piperidine rings is 1. The maximum absolute atomic E-state index is 13.8. The van der Waals surface area contributed by atoms with E-state index in [1.54, 1.807) is 4.90 Å². The average molecular weight is 420 g/mol. The number of rotatable bonds is 4. The standard InChI is InChI=1S/C20H21FN2O5S/c21-15-6-2-3-7-16(15)22-29(25,26)14-8-9-17-18(12-14)27-13-19(28-17)20(24)23-10-4-1-5-11-23/h2-3,6-9,12,19,22H,1,4-5,10-11,13H2. The molecule has 2 aliphatic rings. The van der Waals surface area contributed by atoms with Crippen LogP contribution in [-0.4, -0.2) is 45.0 Å². The number of fused-ring (bicyclic) bond motifs is 1. The van der Waals surface area contributed by atoms with Crippen LogP contribution in [0.15, 0.2) is 47.4 Å². The van der Waals surface area contributed by atoms with E-state index in [0.29, 0.717) is 18.8 Å². The Kier molecular flexibility index (Phi) is 5.31. The highest BCUT2D eigenvalue weighted by Crippen LogP contribution is 2.35. The molecule has 0 saturated carbocycles. The van der Waals surface area contributed by atoms with Crippen LogP contribution >= 0.6 is 0 Å². The lowest BCUT2D eigenvalue weighted by Gasteiger charge is -2.32. The smallest absolute Gasteiger partial charge is 0.267 e. The highest BCUT2D eigenvalue weighted by Gasteiger charge is 2.32. The Morgan fingerprint density at radius 1 is 1.07 bits per heavy atom. The summed E-state index contributed by atoms with van der Waals surface area (Å²) < 4.78 is 52.5. The number of carbonyl (C=O) groups excluding carboxylic acids is 1. The lowest BCUT2D eigenvalue weighted by Crippen LogP contribution is -2.48. The molecule has 0 bridgehead atoms. The summed E-state index contributed by atoms with van der Waals surface area (Å²) in [6, 6.07) is 9.59. The molecule has 1 amide bonds. The largest absolute Gasteiger partial charge is 0.485 e. The minimum atomic E-state index is -4.02. The number of para-hydroxylation sites is 1. The van der Waals surface area contributed by atoms with Gasteiger partial charge in [-0.25, -0.2) is 12.8 Å². The van der Waals surface area contributed by atoms with Gasteiger partial charge in [-0.1, -0.05) is 12.1 Å². The van der Waals surface area contributed by atoms with Crippen LogP contribution in [0.1, 0.15) is 19.3 Å². The van der Waals surface area contributed by atoms with Crippen molar-refractivity contribution in [3.8, 4) is 11.5 Å². The average Bonchev–Trinajstić information content (AvgIpc) is 2.74. The Balaban J connectivity index is 1.50. The Hall–Kier alpha value is -2.81. The first kappa shape index (κ1) is 19.5. The van der Waals surface area contributed by atoms with Crippen molar-refractivity contribution < 1.29 is 27.1 Å². The zero-order chi connectivity index (χ0) is 20.4. The summed E-state index contributed by atoms with van der Waals surface area (Å²) in [5.41, 5.74) is -0.144. The van der Waals surface area contributed by atoms with Crippen LogP contribution in [0, 0.1) is 5.82 Å². The fourth-order valence-electron chi connectivity index (χ4n) is 3.41. The summed E-state index contributed by atoms with van der Waals surface area (Å²) in [6.45, 7) is 1.43. The number of nitrogens with one attached hydrogen (secondary N) is 1. The maximum atomic E-state index is 13.8. The number of anilines is 1. The molecule has 4 rings (SSSR count). The van der Waals surface area contributed by atoms with Crippen LogP contribution < -0.4 is 14.2 Å². The Bertz CT molecular complexity index is 1020. The maximum Gasteiger partial charge on any atom is 0.267 e. The number of sulfonamides is 1. The zero-order valence-corrected chi connectivity index (χ0v) is 16.5. The van der Waals surface area contributed by atoms with Gasteiger partial charge in [0.25, 0.3) is 15.9 Å². The molecule has 9 heteroatoms. The second kappa shape index (κ2) is 7.90. The summed E-state index contributed by atoms with van der Waals surface area (Å²) in [5, 5.41) is 0. The summed E-state index contributed by atoms with van der Waals surface area (Å²) in [5.74, 6) is -0.262. The van der Waals surface area contributed by atoms with Gasteiger partial charge >= 0.3 is 0 Å². The third kappa shape index (κ3) is 4.14. The number of halogens is 1. The molecule has 0 radical (unpaired) electrons. The van der Waals surface area contributed by atoms with Crippen LogP contribution in [0.3, 0.4) is 0 Å². The second-order valence-corrected chi connectivity index (χ2v) is 8.68. The third-order valence-corrected chi connectivity index (χ3v) is 6.31. The number of amides is 1. The lowest BCUT2D eigenvalue weighted by atomic mass is 10.1. The fourth-order valence-corrected chi connectivity index (χ4v) is 4.49. The molecule has 154 valence electrons. The van der Waals surface area contributed by atoms with E-state index in [4.69, 9.17) is 9.47 Å². The second-order valence-electron chi connectivity index (χ2n) is 7.00. The van der Waals surface area contributed by atoms with Gasteiger partial charge in [-0.15, -0.1) is 0 Å². The molecule has 2 aliphatic heterocycles. The highest BCUT2D eigenvalue weighted by molar-refractivity contribution is 7.92. The van der Waals surface area contributed by atoms with Gasteiger partial charge in [-0.3, -0.25) is 9.52 Å². The van der Waals surface area contributed by atoms with Gasteiger partial charge in [-0.2, -0.15) is 0 Å². The van der Waals surface area contributed by atoms with Crippen LogP contribution in [-0.2, 0) is 14.8 Å². The van der Waals surface area contributed by atoms with Crippen molar-refractivity contribution in [2.75, 3.05) is 24.4 Å². The van der Waals surface area contributed by atoms with Crippen molar-refractivity contribution in [1.29, 1.82) is 0 Å².